The van der Waals surface area contributed by atoms with Gasteiger partial charge in [-0.15, -0.1) is 0 Å². The first-order valence-electron chi connectivity index (χ1n) is 7.35. The van der Waals surface area contributed by atoms with Gasteiger partial charge in [0, 0.05) is 11.6 Å². The number of ether oxygens (including phenoxy) is 2. The lowest BCUT2D eigenvalue weighted by Crippen LogP contribution is -2.43. The van der Waals surface area contributed by atoms with E-state index in [0.717, 1.165) is 6.42 Å². The van der Waals surface area contributed by atoms with Gasteiger partial charge in [-0.3, -0.25) is 4.79 Å². The van der Waals surface area contributed by atoms with E-state index in [1.165, 1.54) is 12.8 Å². The van der Waals surface area contributed by atoms with Crippen molar-refractivity contribution in [2.24, 2.45) is 11.8 Å². The molecule has 1 heterocycles. The number of carbonyl (C=O) groups is 1. The van der Waals surface area contributed by atoms with Gasteiger partial charge >= 0.3 is 0 Å². The Morgan fingerprint density at radius 2 is 2.00 bits per heavy atom. The molecule has 0 bridgehead atoms. The van der Waals surface area contributed by atoms with Crippen LogP contribution in [-0.2, 0) is 0 Å². The Balaban J connectivity index is 1.70. The van der Waals surface area contributed by atoms with Crippen molar-refractivity contribution in [3.05, 3.63) is 23.8 Å². The average Bonchev–Trinajstić information content (AvgIpc) is 2.91. The molecule has 1 N–H and O–H groups in total. The van der Waals surface area contributed by atoms with Gasteiger partial charge in [0.05, 0.1) is 0 Å². The topological polar surface area (TPSA) is 47.6 Å². The fourth-order valence-electron chi connectivity index (χ4n) is 3.08. The molecule has 4 nitrogen and oxygen atoms in total. The lowest BCUT2D eigenvalue weighted by Gasteiger charge is -2.34. The van der Waals surface area contributed by atoms with Crippen LogP contribution in [0.2, 0.25) is 0 Å². The van der Waals surface area contributed by atoms with Crippen molar-refractivity contribution in [3.63, 3.8) is 0 Å². The van der Waals surface area contributed by atoms with Gasteiger partial charge in [0.25, 0.3) is 5.91 Å². The number of benzene rings is 1. The van der Waals surface area contributed by atoms with Crippen LogP contribution in [0.4, 0.5) is 0 Å². The highest BCUT2D eigenvalue weighted by Gasteiger charge is 2.28. The van der Waals surface area contributed by atoms with Crippen molar-refractivity contribution in [1.29, 1.82) is 0 Å². The highest BCUT2D eigenvalue weighted by Crippen LogP contribution is 2.33. The Kier molecular flexibility index (Phi) is 3.55. The first kappa shape index (κ1) is 13.3. The second kappa shape index (κ2) is 5.35. The minimum Gasteiger partial charge on any atom is -0.454 e. The molecule has 0 radical (unpaired) electrons. The van der Waals surface area contributed by atoms with Gasteiger partial charge in [-0.1, -0.05) is 26.7 Å². The van der Waals surface area contributed by atoms with Gasteiger partial charge in [-0.25, -0.2) is 0 Å². The number of fused-ring (bicyclic) bond motifs is 1. The summed E-state index contributed by atoms with van der Waals surface area (Å²) >= 11 is 0. The van der Waals surface area contributed by atoms with Gasteiger partial charge in [0.1, 0.15) is 0 Å². The molecule has 1 aliphatic heterocycles. The summed E-state index contributed by atoms with van der Waals surface area (Å²) in [6.45, 7) is 4.73. The van der Waals surface area contributed by atoms with Crippen LogP contribution in [-0.4, -0.2) is 18.7 Å². The molecular formula is C16H21NO3. The van der Waals surface area contributed by atoms with Gasteiger partial charge in [0.2, 0.25) is 6.79 Å². The molecule has 0 unspecified atom stereocenters. The molecule has 1 saturated carbocycles. The Bertz CT molecular complexity index is 514. The molecule has 108 valence electrons. The molecule has 2 aliphatic rings. The van der Waals surface area contributed by atoms with Crippen LogP contribution in [0.25, 0.3) is 0 Å². The standard InChI is InChI=1S/C16H21NO3/c1-10-4-3-5-13(11(10)2)17-16(18)12-6-7-14-15(8-12)20-9-19-14/h6-8,10-11,13H,3-5,9H2,1-2H3,(H,17,18)/t10-,11-,13+/m1/s1. The number of hydrogen-bond donors (Lipinski definition) is 1. The van der Waals surface area contributed by atoms with E-state index in [9.17, 15) is 4.79 Å². The van der Waals surface area contributed by atoms with Crippen LogP contribution in [0.3, 0.4) is 0 Å². The average molecular weight is 275 g/mol. The smallest absolute Gasteiger partial charge is 0.251 e. The number of carbonyl (C=O) groups excluding carboxylic acids is 1. The summed E-state index contributed by atoms with van der Waals surface area (Å²) in [6.07, 6.45) is 3.52. The van der Waals surface area contributed by atoms with E-state index >= 15 is 0 Å². The van der Waals surface area contributed by atoms with Crippen LogP contribution >= 0.6 is 0 Å². The van der Waals surface area contributed by atoms with Gasteiger partial charge in [0.15, 0.2) is 11.5 Å². The fourth-order valence-corrected chi connectivity index (χ4v) is 3.08. The van der Waals surface area contributed by atoms with Gasteiger partial charge in [-0.2, -0.15) is 0 Å². The molecule has 0 saturated heterocycles. The molecule has 1 aromatic rings. The molecule has 1 aliphatic carbocycles. The number of amides is 1. The largest absolute Gasteiger partial charge is 0.454 e. The second-order valence-corrected chi connectivity index (χ2v) is 5.92. The van der Waals surface area contributed by atoms with Gasteiger partial charge < -0.3 is 14.8 Å². The molecule has 1 fully saturated rings. The molecule has 1 aromatic carbocycles. The minimum absolute atomic E-state index is 0.0192. The van der Waals surface area contributed by atoms with Crippen LogP contribution in [0, 0.1) is 11.8 Å². The number of hydrogen-bond acceptors (Lipinski definition) is 3. The highest BCUT2D eigenvalue weighted by atomic mass is 16.7. The first-order chi connectivity index (χ1) is 9.65. The zero-order valence-corrected chi connectivity index (χ0v) is 12.0. The summed E-state index contributed by atoms with van der Waals surface area (Å²) in [6, 6.07) is 5.62. The molecule has 3 atom stereocenters. The molecule has 0 aromatic heterocycles. The molecule has 20 heavy (non-hydrogen) atoms. The number of rotatable bonds is 2. The maximum absolute atomic E-state index is 12.4. The maximum atomic E-state index is 12.4. The number of nitrogens with one attached hydrogen (secondary N) is 1. The SMILES string of the molecule is C[C@@H]1[C@H](C)CCC[C@@H]1NC(=O)c1ccc2c(c1)OCO2. The van der Waals surface area contributed by atoms with E-state index in [1.54, 1.807) is 18.2 Å². The van der Waals surface area contributed by atoms with Crippen molar-refractivity contribution in [1.82, 2.24) is 5.32 Å². The Morgan fingerprint density at radius 1 is 1.20 bits per heavy atom. The summed E-state index contributed by atoms with van der Waals surface area (Å²) < 4.78 is 10.6. The third kappa shape index (κ3) is 2.47. The lowest BCUT2D eigenvalue weighted by atomic mass is 9.78. The fraction of sp³-hybridized carbons (Fsp3) is 0.562. The van der Waals surface area contributed by atoms with E-state index in [1.807, 2.05) is 0 Å². The monoisotopic (exact) mass is 275 g/mol. The lowest BCUT2D eigenvalue weighted by molar-refractivity contribution is 0.0890. The van der Waals surface area contributed by atoms with Gasteiger partial charge in [-0.05, 0) is 36.5 Å². The summed E-state index contributed by atoms with van der Waals surface area (Å²) in [5.74, 6) is 2.55. The summed E-state index contributed by atoms with van der Waals surface area (Å²) in [5.41, 5.74) is 0.639. The Morgan fingerprint density at radius 3 is 2.85 bits per heavy atom. The van der Waals surface area contributed by atoms with E-state index in [0.29, 0.717) is 28.9 Å². The Labute approximate surface area is 119 Å². The summed E-state index contributed by atoms with van der Waals surface area (Å²) in [7, 11) is 0. The van der Waals surface area contributed by atoms with Crippen LogP contribution in [0.1, 0.15) is 43.5 Å². The molecule has 4 heteroatoms. The minimum atomic E-state index is -0.0192. The summed E-state index contributed by atoms with van der Waals surface area (Å²) in [4.78, 5) is 12.4. The van der Waals surface area contributed by atoms with Crippen molar-refractivity contribution in [3.8, 4) is 11.5 Å². The van der Waals surface area contributed by atoms with E-state index < -0.39 is 0 Å². The molecule has 1 amide bonds. The third-order valence-corrected chi connectivity index (χ3v) is 4.66. The van der Waals surface area contributed by atoms with E-state index in [2.05, 4.69) is 19.2 Å². The second-order valence-electron chi connectivity index (χ2n) is 5.92. The summed E-state index contributed by atoms with van der Waals surface area (Å²) in [5, 5.41) is 3.17. The van der Waals surface area contributed by atoms with Crippen LogP contribution in [0.15, 0.2) is 18.2 Å². The van der Waals surface area contributed by atoms with Crippen LogP contribution < -0.4 is 14.8 Å². The van der Waals surface area contributed by atoms with Crippen molar-refractivity contribution in [2.75, 3.05) is 6.79 Å². The highest BCUT2D eigenvalue weighted by molar-refractivity contribution is 5.95. The third-order valence-electron chi connectivity index (χ3n) is 4.66. The van der Waals surface area contributed by atoms with Crippen LogP contribution in [0.5, 0.6) is 11.5 Å². The van der Waals surface area contributed by atoms with Crippen molar-refractivity contribution >= 4 is 5.91 Å². The zero-order valence-electron chi connectivity index (χ0n) is 12.0. The van der Waals surface area contributed by atoms with Crippen molar-refractivity contribution in [2.45, 2.75) is 39.2 Å². The van der Waals surface area contributed by atoms with E-state index in [-0.39, 0.29) is 18.7 Å². The predicted octanol–water partition coefficient (Wildman–Crippen LogP) is 2.97. The molecule has 0 spiro atoms. The quantitative estimate of drug-likeness (QED) is 0.902. The maximum Gasteiger partial charge on any atom is 0.251 e. The zero-order chi connectivity index (χ0) is 14.1. The first-order valence-corrected chi connectivity index (χ1v) is 7.35. The van der Waals surface area contributed by atoms with E-state index in [4.69, 9.17) is 9.47 Å². The molecular weight excluding hydrogens is 254 g/mol. The molecule has 3 rings (SSSR count). The van der Waals surface area contributed by atoms with Crippen molar-refractivity contribution < 1.29 is 14.3 Å². The Hall–Kier alpha value is -1.71. The predicted molar refractivity (Wildman–Crippen MR) is 76.0 cm³/mol. The normalized spacial score (nSPS) is 28.2.